The van der Waals surface area contributed by atoms with Gasteiger partial charge in [-0.15, -0.1) is 0 Å². The molecule has 0 unspecified atom stereocenters. The van der Waals surface area contributed by atoms with Gasteiger partial charge >= 0.3 is 6.03 Å². The Labute approximate surface area is 261 Å². The molecule has 224 valence electrons. The number of hydrogen-bond donors (Lipinski definition) is 1. The van der Waals surface area contributed by atoms with Gasteiger partial charge in [-0.2, -0.15) is 0 Å². The number of ether oxygens (including phenoxy) is 2. The van der Waals surface area contributed by atoms with Gasteiger partial charge in [0.2, 0.25) is 0 Å². The zero-order valence-corrected chi connectivity index (χ0v) is 24.9. The third-order valence-electron chi connectivity index (χ3n) is 7.36. The lowest BCUT2D eigenvalue weighted by Crippen LogP contribution is -2.54. The maximum atomic E-state index is 13.9. The van der Waals surface area contributed by atoms with Crippen LogP contribution in [0.15, 0.2) is 121 Å². The number of carbonyl (C=O) groups is 3. The SMILES string of the molecule is CCOc1ccc(N2C(=O)NC(=O)/C(=C/c3cc(-c4ccccc4)n(-c4ccc(OCC)cc4)c3-c3ccccc3)C2=O)cc1. The van der Waals surface area contributed by atoms with E-state index in [0.717, 1.165) is 38.9 Å². The minimum Gasteiger partial charge on any atom is -0.494 e. The fourth-order valence-corrected chi connectivity index (χ4v) is 5.38. The molecule has 1 aromatic heterocycles. The summed E-state index contributed by atoms with van der Waals surface area (Å²) in [5.41, 5.74) is 5.11. The van der Waals surface area contributed by atoms with E-state index in [1.54, 1.807) is 30.3 Å². The monoisotopic (exact) mass is 597 g/mol. The highest BCUT2D eigenvalue weighted by Gasteiger charge is 2.37. The number of nitrogens with zero attached hydrogens (tertiary/aromatic N) is 2. The molecule has 8 nitrogen and oxygen atoms in total. The summed E-state index contributed by atoms with van der Waals surface area (Å²) in [7, 11) is 0. The largest absolute Gasteiger partial charge is 0.494 e. The van der Waals surface area contributed by atoms with Crippen molar-refractivity contribution < 1.29 is 23.9 Å². The van der Waals surface area contributed by atoms with Crippen LogP contribution < -0.4 is 19.7 Å². The molecule has 0 aliphatic carbocycles. The third-order valence-corrected chi connectivity index (χ3v) is 7.36. The number of amides is 4. The van der Waals surface area contributed by atoms with E-state index >= 15 is 0 Å². The fourth-order valence-electron chi connectivity index (χ4n) is 5.38. The number of urea groups is 1. The van der Waals surface area contributed by atoms with Crippen molar-refractivity contribution in [1.82, 2.24) is 9.88 Å². The molecule has 4 aromatic carbocycles. The van der Waals surface area contributed by atoms with Gasteiger partial charge in [-0.3, -0.25) is 14.9 Å². The highest BCUT2D eigenvalue weighted by Crippen LogP contribution is 2.38. The summed E-state index contributed by atoms with van der Waals surface area (Å²) >= 11 is 0. The average Bonchev–Trinajstić information content (AvgIpc) is 3.44. The molecule has 0 atom stereocenters. The summed E-state index contributed by atoms with van der Waals surface area (Å²) in [5, 5.41) is 2.34. The predicted molar refractivity (Wildman–Crippen MR) is 174 cm³/mol. The number of carbonyl (C=O) groups excluding carboxylic acids is 3. The lowest BCUT2D eigenvalue weighted by Gasteiger charge is -2.26. The van der Waals surface area contributed by atoms with Crippen molar-refractivity contribution in [3.63, 3.8) is 0 Å². The number of nitrogens with one attached hydrogen (secondary N) is 1. The molecule has 2 heterocycles. The van der Waals surface area contributed by atoms with E-state index in [4.69, 9.17) is 9.47 Å². The summed E-state index contributed by atoms with van der Waals surface area (Å²) in [4.78, 5) is 41.0. The smallest absolute Gasteiger partial charge is 0.335 e. The normalized spacial score (nSPS) is 14.0. The Morgan fingerprint density at radius 2 is 1.20 bits per heavy atom. The van der Waals surface area contributed by atoms with Gasteiger partial charge in [-0.1, -0.05) is 60.7 Å². The summed E-state index contributed by atoms with van der Waals surface area (Å²) in [6, 6.07) is 35.2. The van der Waals surface area contributed by atoms with Crippen LogP contribution in [-0.2, 0) is 9.59 Å². The van der Waals surface area contributed by atoms with Crippen LogP contribution in [0.3, 0.4) is 0 Å². The lowest BCUT2D eigenvalue weighted by atomic mass is 10.0. The van der Waals surface area contributed by atoms with Crippen LogP contribution >= 0.6 is 0 Å². The number of hydrogen-bond acceptors (Lipinski definition) is 5. The number of barbiturate groups is 1. The quantitative estimate of drug-likeness (QED) is 0.143. The summed E-state index contributed by atoms with van der Waals surface area (Å²) in [6.45, 7) is 4.84. The molecule has 1 fully saturated rings. The van der Waals surface area contributed by atoms with Gasteiger partial charge < -0.3 is 14.0 Å². The van der Waals surface area contributed by atoms with Gasteiger partial charge in [0.25, 0.3) is 11.8 Å². The molecule has 1 aliphatic heterocycles. The fraction of sp³-hybridized carbons (Fsp3) is 0.108. The maximum absolute atomic E-state index is 13.9. The molecule has 45 heavy (non-hydrogen) atoms. The van der Waals surface area contributed by atoms with Crippen molar-refractivity contribution in [2.45, 2.75) is 13.8 Å². The molecule has 5 aromatic rings. The minimum absolute atomic E-state index is 0.163. The highest BCUT2D eigenvalue weighted by molar-refractivity contribution is 6.39. The third kappa shape index (κ3) is 5.86. The molecule has 6 rings (SSSR count). The zero-order chi connectivity index (χ0) is 31.3. The van der Waals surface area contributed by atoms with E-state index < -0.39 is 17.8 Å². The molecule has 1 aliphatic rings. The summed E-state index contributed by atoms with van der Waals surface area (Å²) in [5.74, 6) is -0.125. The predicted octanol–water partition coefficient (Wildman–Crippen LogP) is 7.28. The number of benzene rings is 4. The topological polar surface area (TPSA) is 89.9 Å². The molecule has 0 spiro atoms. The van der Waals surface area contributed by atoms with Crippen molar-refractivity contribution in [2.24, 2.45) is 0 Å². The van der Waals surface area contributed by atoms with Crippen LogP contribution in [0.25, 0.3) is 34.3 Å². The Morgan fingerprint density at radius 1 is 0.667 bits per heavy atom. The molecule has 0 radical (unpaired) electrons. The van der Waals surface area contributed by atoms with Gasteiger partial charge in [-0.25, -0.2) is 9.69 Å². The molecule has 0 bridgehead atoms. The van der Waals surface area contributed by atoms with E-state index in [0.29, 0.717) is 30.2 Å². The van der Waals surface area contributed by atoms with Crippen LogP contribution in [-0.4, -0.2) is 35.6 Å². The van der Waals surface area contributed by atoms with Crippen LogP contribution in [0.4, 0.5) is 10.5 Å². The lowest BCUT2D eigenvalue weighted by molar-refractivity contribution is -0.122. The zero-order valence-electron chi connectivity index (χ0n) is 24.9. The van der Waals surface area contributed by atoms with Crippen molar-refractivity contribution in [2.75, 3.05) is 18.1 Å². The van der Waals surface area contributed by atoms with E-state index in [-0.39, 0.29) is 5.57 Å². The van der Waals surface area contributed by atoms with E-state index in [1.165, 1.54) is 0 Å². The second-order valence-electron chi connectivity index (χ2n) is 10.2. The van der Waals surface area contributed by atoms with Gasteiger partial charge in [0.05, 0.1) is 30.3 Å². The second kappa shape index (κ2) is 12.8. The van der Waals surface area contributed by atoms with Crippen LogP contribution in [0.2, 0.25) is 0 Å². The average molecular weight is 598 g/mol. The number of anilines is 1. The first-order valence-corrected chi connectivity index (χ1v) is 14.7. The van der Waals surface area contributed by atoms with Crippen molar-refractivity contribution >= 4 is 29.6 Å². The standard InChI is InChI=1S/C37H31N3O5/c1-3-44-30-19-15-28(16-20-30)39-33(25-11-7-5-8-12-25)24-27(34(39)26-13-9-6-10-14-26)23-32-35(41)38-37(43)40(36(32)42)29-17-21-31(22-18-29)45-4-2/h5-24H,3-4H2,1-2H3,(H,38,41,43)/b32-23-. The van der Waals surface area contributed by atoms with Gasteiger partial charge in [-0.05, 0) is 85.6 Å². The first-order valence-electron chi connectivity index (χ1n) is 14.7. The molecular weight excluding hydrogens is 566 g/mol. The minimum atomic E-state index is -0.813. The summed E-state index contributed by atoms with van der Waals surface area (Å²) < 4.78 is 13.3. The van der Waals surface area contributed by atoms with Crippen LogP contribution in [0, 0.1) is 0 Å². The molecule has 1 saturated heterocycles. The number of imide groups is 2. The van der Waals surface area contributed by atoms with Gasteiger partial charge in [0.1, 0.15) is 17.1 Å². The number of rotatable bonds is 9. The van der Waals surface area contributed by atoms with Crippen molar-refractivity contribution in [3.8, 4) is 39.7 Å². The van der Waals surface area contributed by atoms with Crippen molar-refractivity contribution in [1.29, 1.82) is 0 Å². The van der Waals surface area contributed by atoms with Crippen LogP contribution in [0.5, 0.6) is 11.5 Å². The Balaban J connectivity index is 1.54. The maximum Gasteiger partial charge on any atom is 0.335 e. The van der Waals surface area contributed by atoms with Gasteiger partial charge in [0.15, 0.2) is 0 Å². The molecule has 8 heteroatoms. The molecule has 4 amide bonds. The van der Waals surface area contributed by atoms with E-state index in [2.05, 4.69) is 9.88 Å². The molecular formula is C37H31N3O5. The Morgan fingerprint density at radius 3 is 1.76 bits per heavy atom. The first kappa shape index (κ1) is 29.2. The summed E-state index contributed by atoms with van der Waals surface area (Å²) in [6.07, 6.45) is 1.56. The Bertz CT molecular complexity index is 1880. The molecule has 0 saturated carbocycles. The van der Waals surface area contributed by atoms with Crippen molar-refractivity contribution in [3.05, 3.63) is 126 Å². The Hall–Kier alpha value is -5.89. The van der Waals surface area contributed by atoms with Gasteiger partial charge in [0, 0.05) is 11.3 Å². The van der Waals surface area contributed by atoms with Crippen LogP contribution in [0.1, 0.15) is 19.4 Å². The Kier molecular flexibility index (Phi) is 8.28. The number of aromatic nitrogens is 1. The van der Waals surface area contributed by atoms with E-state index in [1.807, 2.05) is 105 Å². The van der Waals surface area contributed by atoms with E-state index in [9.17, 15) is 14.4 Å². The second-order valence-corrected chi connectivity index (χ2v) is 10.2. The molecule has 1 N–H and O–H groups in total. The first-order chi connectivity index (χ1) is 22.0. The highest BCUT2D eigenvalue weighted by atomic mass is 16.5.